The lowest BCUT2D eigenvalue weighted by atomic mass is 9.95. The Morgan fingerprint density at radius 3 is 0.964 bits per heavy atom. The van der Waals surface area contributed by atoms with Gasteiger partial charge in [-0.1, -0.05) is 0 Å². The molecule has 24 atom stereocenters. The fourth-order valence-corrected chi connectivity index (χ4v) is 6.93. The van der Waals surface area contributed by atoms with Crippen LogP contribution in [0.15, 0.2) is 0 Å². The average Bonchev–Trinajstić information content (AvgIpc) is 3.19. The molecule has 5 fully saturated rings. The second-order valence-corrected chi connectivity index (χ2v) is 13.8. The highest BCUT2D eigenvalue weighted by molar-refractivity contribution is 5.76. The number of cyclic esters (lactones) is 1. The molecular weight excluding hydrogens is 776 g/mol. The van der Waals surface area contributed by atoms with E-state index in [0.29, 0.717) is 0 Å². The molecule has 0 spiro atoms. The van der Waals surface area contributed by atoms with Crippen LogP contribution in [0.25, 0.3) is 0 Å². The zero-order valence-electron chi connectivity index (χ0n) is 29.1. The predicted molar refractivity (Wildman–Crippen MR) is 166 cm³/mol. The maximum absolute atomic E-state index is 11.7. The van der Waals surface area contributed by atoms with Gasteiger partial charge in [0, 0.05) is 0 Å². The molecule has 0 aromatic heterocycles. The minimum atomic E-state index is -2.12. The van der Waals surface area contributed by atoms with E-state index in [-0.39, 0.29) is 0 Å². The molecule has 0 aromatic carbocycles. The van der Waals surface area contributed by atoms with Crippen molar-refractivity contribution in [2.45, 2.75) is 147 Å². The van der Waals surface area contributed by atoms with Crippen LogP contribution in [0.5, 0.6) is 0 Å². The molecule has 326 valence electrons. The SMILES string of the molecule is O=C1O[C@H](CO)[C@@H](O[C@@H]2O[C@H](CO)[C@@H](O[C@@H]3O[C@H](CO)[C@@H](O[C@@H]4O[C@H](CO)[C@@H](O[C@@H]5O[C@H](CO)[C@@H](O)[C@H](O)[C@H]5O)[C@H](O)[C@H]4O)[C@H](O)[C@H]3O)[C@H](O)[C@H]2O)[C@H](O)[C@H]1O. The molecule has 0 saturated carbocycles. The zero-order valence-corrected chi connectivity index (χ0v) is 29.1. The second kappa shape index (κ2) is 19.3. The van der Waals surface area contributed by atoms with Crippen LogP contribution in [0.3, 0.4) is 0 Å². The van der Waals surface area contributed by atoms with Gasteiger partial charge in [-0.3, -0.25) is 0 Å². The van der Waals surface area contributed by atoms with Crippen LogP contribution in [-0.4, -0.2) is 268 Å². The lowest BCUT2D eigenvalue weighted by molar-refractivity contribution is -0.390. The van der Waals surface area contributed by atoms with Crippen molar-refractivity contribution >= 4 is 5.97 Å². The Balaban J connectivity index is 1.23. The number of aliphatic hydroxyl groups is 16. The van der Waals surface area contributed by atoms with Gasteiger partial charge in [-0.05, 0) is 0 Å². The average molecular weight is 827 g/mol. The molecule has 56 heavy (non-hydrogen) atoms. The number of rotatable bonds is 13. The monoisotopic (exact) mass is 826 g/mol. The van der Waals surface area contributed by atoms with Crippen LogP contribution in [0, 0.1) is 0 Å². The van der Waals surface area contributed by atoms with Crippen molar-refractivity contribution in [1.82, 2.24) is 0 Å². The first-order valence-electron chi connectivity index (χ1n) is 17.5. The van der Waals surface area contributed by atoms with Crippen molar-refractivity contribution in [1.29, 1.82) is 0 Å². The van der Waals surface area contributed by atoms with Gasteiger partial charge in [-0.2, -0.15) is 0 Å². The highest BCUT2D eigenvalue weighted by Gasteiger charge is 2.56. The first-order chi connectivity index (χ1) is 26.5. The first kappa shape index (κ1) is 45.6. The highest BCUT2D eigenvalue weighted by Crippen LogP contribution is 2.35. The number of hydrogen-bond donors (Lipinski definition) is 16. The maximum atomic E-state index is 11.7. The molecule has 0 bridgehead atoms. The van der Waals surface area contributed by atoms with Crippen molar-refractivity contribution in [3.05, 3.63) is 0 Å². The van der Waals surface area contributed by atoms with Gasteiger partial charge in [0.1, 0.15) is 110 Å². The molecule has 5 heterocycles. The molecule has 5 rings (SSSR count). The van der Waals surface area contributed by atoms with E-state index in [4.69, 9.17) is 42.6 Å². The maximum Gasteiger partial charge on any atom is 0.338 e. The molecule has 16 N–H and O–H groups in total. The van der Waals surface area contributed by atoms with Crippen molar-refractivity contribution < 1.29 is 129 Å². The van der Waals surface area contributed by atoms with Gasteiger partial charge in [0.05, 0.1) is 33.0 Å². The second-order valence-electron chi connectivity index (χ2n) is 13.8. The molecule has 5 saturated heterocycles. The van der Waals surface area contributed by atoms with Gasteiger partial charge in [-0.25, -0.2) is 4.79 Å². The van der Waals surface area contributed by atoms with Crippen molar-refractivity contribution in [3.63, 3.8) is 0 Å². The van der Waals surface area contributed by atoms with E-state index in [2.05, 4.69) is 0 Å². The molecule has 26 heteroatoms. The summed E-state index contributed by atoms with van der Waals surface area (Å²) in [6.45, 7) is -4.59. The van der Waals surface area contributed by atoms with Gasteiger partial charge >= 0.3 is 5.97 Å². The van der Waals surface area contributed by atoms with Gasteiger partial charge < -0.3 is 124 Å². The molecular formula is C30H50O26. The third-order valence-corrected chi connectivity index (χ3v) is 10.2. The van der Waals surface area contributed by atoms with Crippen LogP contribution in [0.2, 0.25) is 0 Å². The largest absolute Gasteiger partial charge is 0.455 e. The third-order valence-electron chi connectivity index (χ3n) is 10.2. The molecule has 26 nitrogen and oxygen atoms in total. The van der Waals surface area contributed by atoms with Crippen molar-refractivity contribution in [2.24, 2.45) is 0 Å². The standard InChI is InChI=1S/C30H50O26/c31-1-6-11(36)12(37)18(43)27(49-6)54-23-8(3-33)51-29(20(45)14(23)39)56-25-10(5-35)52-30(21(46)16(25)41)55-24-9(4-34)50-28(19(44)15(24)40)53-22-7(2-32)48-26(47)17(42)13(22)38/h6-25,27-46H,1-5H2/t6-,7-,8-,9-,10-,11-,12+,13-,14-,15-,16-,17-,18-,19-,20-,21-,22-,23-,24-,25-,27+,28+,29+,30+/m1/s1. The van der Waals surface area contributed by atoms with E-state index in [1.165, 1.54) is 0 Å². The molecule has 5 aliphatic rings. The normalized spacial score (nSPS) is 51.8. The van der Waals surface area contributed by atoms with Crippen LogP contribution < -0.4 is 0 Å². The number of hydrogen-bond acceptors (Lipinski definition) is 26. The van der Waals surface area contributed by atoms with Crippen LogP contribution >= 0.6 is 0 Å². The Morgan fingerprint density at radius 2 is 0.643 bits per heavy atom. The van der Waals surface area contributed by atoms with Crippen LogP contribution in [-0.2, 0) is 47.4 Å². The summed E-state index contributed by atoms with van der Waals surface area (Å²) in [5, 5.41) is 166. The lowest BCUT2D eigenvalue weighted by Crippen LogP contribution is -2.68. The summed E-state index contributed by atoms with van der Waals surface area (Å²) in [6.07, 6.45) is -44.5. The van der Waals surface area contributed by atoms with Crippen LogP contribution in [0.1, 0.15) is 0 Å². The number of ether oxygens (including phenoxy) is 9. The molecule has 0 radical (unpaired) electrons. The minimum absolute atomic E-state index is 0.813. The van der Waals surface area contributed by atoms with E-state index in [0.717, 1.165) is 0 Å². The molecule has 5 aliphatic heterocycles. The number of esters is 1. The summed E-state index contributed by atoms with van der Waals surface area (Å²) in [5.41, 5.74) is 0. The van der Waals surface area contributed by atoms with Crippen LogP contribution in [0.4, 0.5) is 0 Å². The summed E-state index contributed by atoms with van der Waals surface area (Å²) in [5.74, 6) is -1.27. The molecule has 0 aromatic rings. The van der Waals surface area contributed by atoms with Crippen molar-refractivity contribution in [2.75, 3.05) is 33.0 Å². The van der Waals surface area contributed by atoms with E-state index in [9.17, 15) is 86.5 Å². The van der Waals surface area contributed by atoms with E-state index in [1.54, 1.807) is 0 Å². The van der Waals surface area contributed by atoms with E-state index < -0.39 is 186 Å². The molecule has 0 aliphatic carbocycles. The topological polar surface area (TPSA) is 424 Å². The third kappa shape index (κ3) is 8.99. The van der Waals surface area contributed by atoms with Gasteiger partial charge in [0.2, 0.25) is 0 Å². The Hall–Kier alpha value is -1.49. The Kier molecular flexibility index (Phi) is 15.7. The first-order valence-corrected chi connectivity index (χ1v) is 17.5. The summed E-state index contributed by atoms with van der Waals surface area (Å²) in [6, 6.07) is 0. The molecule has 0 amide bonds. The summed E-state index contributed by atoms with van der Waals surface area (Å²) >= 11 is 0. The minimum Gasteiger partial charge on any atom is -0.455 e. The zero-order chi connectivity index (χ0) is 41.3. The summed E-state index contributed by atoms with van der Waals surface area (Å²) in [4.78, 5) is 11.7. The number of carbonyl (C=O) groups excluding carboxylic acids is 1. The summed E-state index contributed by atoms with van der Waals surface area (Å²) < 4.78 is 48.8. The Labute approximate surface area is 315 Å². The summed E-state index contributed by atoms with van der Waals surface area (Å²) in [7, 11) is 0. The predicted octanol–water partition coefficient (Wildman–Crippen LogP) is -11.7. The fraction of sp³-hybridized carbons (Fsp3) is 0.967. The van der Waals surface area contributed by atoms with Gasteiger partial charge in [0.25, 0.3) is 0 Å². The van der Waals surface area contributed by atoms with E-state index >= 15 is 0 Å². The quantitative estimate of drug-likeness (QED) is 0.0766. The Morgan fingerprint density at radius 1 is 0.357 bits per heavy atom. The number of carbonyl (C=O) groups is 1. The molecule has 0 unspecified atom stereocenters. The van der Waals surface area contributed by atoms with Gasteiger partial charge in [-0.15, -0.1) is 0 Å². The van der Waals surface area contributed by atoms with Gasteiger partial charge in [0.15, 0.2) is 37.4 Å². The fourth-order valence-electron chi connectivity index (χ4n) is 6.93. The van der Waals surface area contributed by atoms with E-state index in [1.807, 2.05) is 0 Å². The smallest absolute Gasteiger partial charge is 0.338 e. The Bertz CT molecular complexity index is 1240. The van der Waals surface area contributed by atoms with Crippen molar-refractivity contribution in [3.8, 4) is 0 Å². The lowest BCUT2D eigenvalue weighted by Gasteiger charge is -2.49. The number of aliphatic hydroxyl groups excluding tert-OH is 16. The highest BCUT2D eigenvalue weighted by atomic mass is 16.8.